The fourth-order valence-corrected chi connectivity index (χ4v) is 3.20. The van der Waals surface area contributed by atoms with Crippen LogP contribution in [0.3, 0.4) is 0 Å². The Morgan fingerprint density at radius 2 is 1.95 bits per heavy atom. The highest BCUT2D eigenvalue weighted by Crippen LogP contribution is 2.18. The summed E-state index contributed by atoms with van der Waals surface area (Å²) in [7, 11) is -1.65. The average Bonchev–Trinajstić information content (AvgIpc) is 2.71. The fourth-order valence-electron chi connectivity index (χ4n) is 2.16. The molecule has 1 atom stereocenters. The molecule has 0 spiro atoms. The Labute approximate surface area is 119 Å². The van der Waals surface area contributed by atoms with Crippen molar-refractivity contribution >= 4 is 21.6 Å². The predicted octanol–water partition coefficient (Wildman–Crippen LogP) is 0.627. The Balaban J connectivity index is 2.08. The second kappa shape index (κ2) is 5.80. The number of benzene rings is 1. The van der Waals surface area contributed by atoms with Gasteiger partial charge in [0.2, 0.25) is 15.9 Å². The molecular formula is C13H19N3O3S. The Morgan fingerprint density at radius 3 is 2.45 bits per heavy atom. The Morgan fingerprint density at radius 1 is 1.30 bits per heavy atom. The van der Waals surface area contributed by atoms with Gasteiger partial charge >= 0.3 is 0 Å². The van der Waals surface area contributed by atoms with Crippen LogP contribution >= 0.6 is 0 Å². The van der Waals surface area contributed by atoms with Crippen LogP contribution in [0.5, 0.6) is 0 Å². The van der Waals surface area contributed by atoms with E-state index >= 15 is 0 Å². The summed E-state index contributed by atoms with van der Waals surface area (Å²) < 4.78 is 26.0. The van der Waals surface area contributed by atoms with E-state index in [4.69, 9.17) is 0 Å². The van der Waals surface area contributed by atoms with Crippen LogP contribution in [-0.2, 0) is 14.8 Å². The third kappa shape index (κ3) is 3.10. The molecule has 110 valence electrons. The number of sulfonamides is 1. The summed E-state index contributed by atoms with van der Waals surface area (Å²) in [6, 6.07) is 6.19. The first kappa shape index (κ1) is 14.8. The summed E-state index contributed by atoms with van der Waals surface area (Å²) in [5, 5.41) is 3.13. The monoisotopic (exact) mass is 297 g/mol. The molecule has 1 amide bonds. The third-order valence-electron chi connectivity index (χ3n) is 3.27. The molecule has 7 heteroatoms. The number of amides is 1. The average molecular weight is 297 g/mol. The van der Waals surface area contributed by atoms with Crippen LogP contribution in [0.4, 0.5) is 5.69 Å². The minimum Gasteiger partial charge on any atom is -0.374 e. The maximum absolute atomic E-state index is 11.8. The van der Waals surface area contributed by atoms with Gasteiger partial charge in [-0.25, -0.2) is 13.1 Å². The summed E-state index contributed by atoms with van der Waals surface area (Å²) >= 11 is 0. The van der Waals surface area contributed by atoms with Crippen molar-refractivity contribution in [2.45, 2.75) is 24.3 Å². The van der Waals surface area contributed by atoms with Crippen LogP contribution in [0.2, 0.25) is 0 Å². The lowest BCUT2D eigenvalue weighted by Gasteiger charge is -2.14. The fraction of sp³-hybridized carbons (Fsp3) is 0.462. The number of nitrogens with zero attached hydrogens (tertiary/aromatic N) is 1. The second-order valence-corrected chi connectivity index (χ2v) is 6.54. The van der Waals surface area contributed by atoms with Gasteiger partial charge < -0.3 is 10.2 Å². The highest BCUT2D eigenvalue weighted by Gasteiger charge is 2.28. The molecule has 1 saturated heterocycles. The summed E-state index contributed by atoms with van der Waals surface area (Å²) in [5.74, 6) is 0.0642. The number of hydrogen-bond donors (Lipinski definition) is 2. The van der Waals surface area contributed by atoms with Crippen molar-refractivity contribution in [1.82, 2.24) is 9.62 Å². The minimum atomic E-state index is -3.43. The van der Waals surface area contributed by atoms with E-state index in [1.807, 2.05) is 0 Å². The lowest BCUT2D eigenvalue weighted by molar-refractivity contribution is -0.127. The zero-order valence-electron chi connectivity index (χ0n) is 11.6. The first-order valence-electron chi connectivity index (χ1n) is 6.55. The predicted molar refractivity (Wildman–Crippen MR) is 77.0 cm³/mol. The molecule has 0 bridgehead atoms. The summed E-state index contributed by atoms with van der Waals surface area (Å²) in [6.07, 6.45) is 0.757. The van der Waals surface area contributed by atoms with Crippen LogP contribution in [0.25, 0.3) is 0 Å². The van der Waals surface area contributed by atoms with Gasteiger partial charge in [0.25, 0.3) is 0 Å². The van der Waals surface area contributed by atoms with Gasteiger partial charge in [-0.05, 0) is 30.7 Å². The van der Waals surface area contributed by atoms with Crippen molar-refractivity contribution in [3.8, 4) is 0 Å². The van der Waals surface area contributed by atoms with Gasteiger partial charge in [-0.3, -0.25) is 4.79 Å². The lowest BCUT2D eigenvalue weighted by atomic mass is 10.2. The minimum absolute atomic E-state index is 0.0642. The van der Waals surface area contributed by atoms with E-state index in [0.717, 1.165) is 18.7 Å². The molecule has 1 aliphatic heterocycles. The van der Waals surface area contributed by atoms with E-state index in [1.54, 1.807) is 31.0 Å². The first-order valence-corrected chi connectivity index (χ1v) is 8.03. The number of anilines is 1. The van der Waals surface area contributed by atoms with Crippen molar-refractivity contribution in [3.05, 3.63) is 24.3 Å². The highest BCUT2D eigenvalue weighted by molar-refractivity contribution is 7.89. The van der Waals surface area contributed by atoms with E-state index in [1.165, 1.54) is 12.1 Å². The van der Waals surface area contributed by atoms with Crippen molar-refractivity contribution in [1.29, 1.82) is 0 Å². The zero-order valence-corrected chi connectivity index (χ0v) is 12.4. The molecule has 0 aliphatic carbocycles. The molecule has 1 unspecified atom stereocenters. The highest BCUT2D eigenvalue weighted by atomic mass is 32.2. The van der Waals surface area contributed by atoms with Gasteiger partial charge in [0.15, 0.2) is 0 Å². The summed E-state index contributed by atoms with van der Waals surface area (Å²) in [5.41, 5.74) is 0.745. The van der Waals surface area contributed by atoms with Crippen LogP contribution in [0.15, 0.2) is 29.2 Å². The molecule has 2 N–H and O–H groups in total. The van der Waals surface area contributed by atoms with E-state index in [0.29, 0.717) is 6.54 Å². The number of likely N-dealkylation sites (N-methyl/N-ethyl adjacent to an activating group) is 1. The molecule has 0 saturated carbocycles. The normalized spacial score (nSPS) is 19.4. The van der Waals surface area contributed by atoms with Gasteiger partial charge in [-0.1, -0.05) is 6.92 Å². The van der Waals surface area contributed by atoms with Crippen LogP contribution in [0.1, 0.15) is 13.3 Å². The number of likely N-dealkylation sites (tertiary alicyclic amines) is 1. The van der Waals surface area contributed by atoms with Crippen LogP contribution < -0.4 is 10.0 Å². The number of carbonyl (C=O) groups excluding carboxylic acids is 1. The third-order valence-corrected chi connectivity index (χ3v) is 4.83. The molecule has 1 aromatic rings. The number of nitrogens with one attached hydrogen (secondary N) is 2. The van der Waals surface area contributed by atoms with E-state index < -0.39 is 10.0 Å². The lowest BCUT2D eigenvalue weighted by Crippen LogP contribution is -2.30. The summed E-state index contributed by atoms with van der Waals surface area (Å²) in [6.45, 7) is 2.82. The van der Waals surface area contributed by atoms with Gasteiger partial charge in [0.05, 0.1) is 4.90 Å². The van der Waals surface area contributed by atoms with Gasteiger partial charge in [-0.2, -0.15) is 0 Å². The molecular weight excluding hydrogens is 278 g/mol. The number of hydrogen-bond acceptors (Lipinski definition) is 4. The Kier molecular flexibility index (Phi) is 4.29. The molecule has 2 rings (SSSR count). The summed E-state index contributed by atoms with van der Waals surface area (Å²) in [4.78, 5) is 13.7. The molecule has 0 radical (unpaired) electrons. The van der Waals surface area contributed by atoms with Gasteiger partial charge in [-0.15, -0.1) is 0 Å². The first-order chi connectivity index (χ1) is 9.44. The topological polar surface area (TPSA) is 78.5 Å². The molecule has 1 aliphatic rings. The number of carbonyl (C=O) groups is 1. The number of rotatable bonds is 5. The van der Waals surface area contributed by atoms with Crippen LogP contribution in [-0.4, -0.2) is 45.4 Å². The van der Waals surface area contributed by atoms with Crippen molar-refractivity contribution in [2.24, 2.45) is 0 Å². The largest absolute Gasteiger partial charge is 0.374 e. The molecule has 6 nitrogen and oxygen atoms in total. The smallest absolute Gasteiger partial charge is 0.244 e. The SMILES string of the molecule is CCNS(=O)(=O)c1ccc(NC2CCN(C)C2=O)cc1. The van der Waals surface area contributed by atoms with E-state index in [9.17, 15) is 13.2 Å². The van der Waals surface area contributed by atoms with Crippen LogP contribution in [0, 0.1) is 0 Å². The quantitative estimate of drug-likeness (QED) is 0.835. The molecule has 1 heterocycles. The van der Waals surface area contributed by atoms with Crippen molar-refractivity contribution in [2.75, 3.05) is 25.5 Å². The maximum atomic E-state index is 11.8. The standard InChI is InChI=1S/C13H19N3O3S/c1-3-14-20(18,19)11-6-4-10(5-7-11)15-12-8-9-16(2)13(12)17/h4-7,12,14-15H,3,8-9H2,1-2H3. The molecule has 1 fully saturated rings. The molecule has 20 heavy (non-hydrogen) atoms. The molecule has 1 aromatic carbocycles. The van der Waals surface area contributed by atoms with E-state index in [-0.39, 0.29) is 16.8 Å². The second-order valence-electron chi connectivity index (χ2n) is 4.77. The van der Waals surface area contributed by atoms with Crippen molar-refractivity contribution < 1.29 is 13.2 Å². The van der Waals surface area contributed by atoms with Gasteiger partial charge in [0, 0.05) is 25.8 Å². The Bertz CT molecular complexity index is 583. The zero-order chi connectivity index (χ0) is 14.8. The van der Waals surface area contributed by atoms with Crippen molar-refractivity contribution in [3.63, 3.8) is 0 Å². The van der Waals surface area contributed by atoms with E-state index in [2.05, 4.69) is 10.0 Å². The maximum Gasteiger partial charge on any atom is 0.244 e. The Hall–Kier alpha value is -1.60. The van der Waals surface area contributed by atoms with Gasteiger partial charge in [0.1, 0.15) is 6.04 Å². The molecule has 0 aromatic heterocycles.